The third kappa shape index (κ3) is 3.34. The smallest absolute Gasteiger partial charge is 0.0943 e. The molecule has 3 nitrogen and oxygen atoms in total. The van der Waals surface area contributed by atoms with E-state index < -0.39 is 6.10 Å². The number of aromatic nitrogens is 1. The Morgan fingerprint density at radius 1 is 1.32 bits per heavy atom. The minimum atomic E-state index is -0.449. The van der Waals surface area contributed by atoms with E-state index in [0.29, 0.717) is 13.0 Å². The van der Waals surface area contributed by atoms with Gasteiger partial charge in [0.05, 0.1) is 11.7 Å². The van der Waals surface area contributed by atoms with E-state index in [9.17, 15) is 5.11 Å². The summed E-state index contributed by atoms with van der Waals surface area (Å²) in [6.45, 7) is 4.79. The standard InChI is InChI=1S/C16H25NO2/c1-3-13-7-8-14(17-12-13)11-15(18)16(19-4-2)9-5-6-10-16/h7-8,12,15,18H,3-6,9-11H2,1-2H3. The Morgan fingerprint density at radius 3 is 2.58 bits per heavy atom. The van der Waals surface area contributed by atoms with Crippen LogP contribution < -0.4 is 0 Å². The molecule has 0 radical (unpaired) electrons. The van der Waals surface area contributed by atoms with Crippen LogP contribution in [-0.2, 0) is 17.6 Å². The van der Waals surface area contributed by atoms with Gasteiger partial charge in [-0.2, -0.15) is 0 Å². The van der Waals surface area contributed by atoms with Gasteiger partial charge in [0.15, 0.2) is 0 Å². The van der Waals surface area contributed by atoms with Gasteiger partial charge in [-0.05, 0) is 37.8 Å². The summed E-state index contributed by atoms with van der Waals surface area (Å²) in [6, 6.07) is 4.12. The van der Waals surface area contributed by atoms with Gasteiger partial charge in [0, 0.05) is 24.9 Å². The number of pyridine rings is 1. The van der Waals surface area contributed by atoms with Crippen molar-refractivity contribution in [1.29, 1.82) is 0 Å². The summed E-state index contributed by atoms with van der Waals surface area (Å²) in [5, 5.41) is 10.5. The van der Waals surface area contributed by atoms with Crippen LogP contribution in [0.15, 0.2) is 18.3 Å². The Hall–Kier alpha value is -0.930. The van der Waals surface area contributed by atoms with Crippen molar-refractivity contribution in [3.05, 3.63) is 29.6 Å². The highest BCUT2D eigenvalue weighted by Crippen LogP contribution is 2.37. The molecule has 1 saturated carbocycles. The maximum Gasteiger partial charge on any atom is 0.0943 e. The maximum absolute atomic E-state index is 10.5. The molecule has 1 atom stereocenters. The van der Waals surface area contributed by atoms with Crippen LogP contribution in [0.1, 0.15) is 50.8 Å². The molecule has 0 amide bonds. The molecule has 19 heavy (non-hydrogen) atoms. The second-order valence-corrected chi connectivity index (χ2v) is 5.44. The molecule has 3 heteroatoms. The highest BCUT2D eigenvalue weighted by Gasteiger charge is 2.41. The summed E-state index contributed by atoms with van der Waals surface area (Å²) < 4.78 is 5.89. The molecule has 2 rings (SSSR count). The lowest BCUT2D eigenvalue weighted by Crippen LogP contribution is -2.44. The molecule has 0 bridgehead atoms. The summed E-state index contributed by atoms with van der Waals surface area (Å²) in [5.74, 6) is 0. The second-order valence-electron chi connectivity index (χ2n) is 5.44. The van der Waals surface area contributed by atoms with Gasteiger partial charge in [-0.25, -0.2) is 0 Å². The number of ether oxygens (including phenoxy) is 1. The summed E-state index contributed by atoms with van der Waals surface area (Å²) >= 11 is 0. The zero-order valence-electron chi connectivity index (χ0n) is 12.1. The number of rotatable bonds is 6. The highest BCUT2D eigenvalue weighted by atomic mass is 16.5. The predicted octanol–water partition coefficient (Wildman–Crippen LogP) is 2.90. The number of hydrogen-bond donors (Lipinski definition) is 1. The molecule has 0 aliphatic heterocycles. The van der Waals surface area contributed by atoms with Crippen molar-refractivity contribution in [2.45, 2.75) is 64.1 Å². The Labute approximate surface area is 116 Å². The van der Waals surface area contributed by atoms with Crippen molar-refractivity contribution in [1.82, 2.24) is 4.98 Å². The van der Waals surface area contributed by atoms with Crippen molar-refractivity contribution in [2.75, 3.05) is 6.61 Å². The van der Waals surface area contributed by atoms with Gasteiger partial charge in [0.2, 0.25) is 0 Å². The van der Waals surface area contributed by atoms with E-state index >= 15 is 0 Å². The van der Waals surface area contributed by atoms with Crippen LogP contribution in [0.5, 0.6) is 0 Å². The van der Waals surface area contributed by atoms with Crippen LogP contribution >= 0.6 is 0 Å². The van der Waals surface area contributed by atoms with E-state index in [-0.39, 0.29) is 5.60 Å². The van der Waals surface area contributed by atoms with Gasteiger partial charge in [-0.3, -0.25) is 4.98 Å². The third-order valence-corrected chi connectivity index (χ3v) is 4.19. The Bertz CT molecular complexity index is 382. The molecule has 1 aromatic heterocycles. The number of nitrogens with zero attached hydrogens (tertiary/aromatic N) is 1. The van der Waals surface area contributed by atoms with Gasteiger partial charge < -0.3 is 9.84 Å². The SMILES string of the molecule is CCOC1(C(O)Cc2ccc(CC)cn2)CCCC1. The van der Waals surface area contributed by atoms with E-state index in [1.165, 1.54) is 5.56 Å². The van der Waals surface area contributed by atoms with Crippen molar-refractivity contribution in [3.8, 4) is 0 Å². The average Bonchev–Trinajstić information content (AvgIpc) is 2.90. The number of aryl methyl sites for hydroxylation is 1. The lowest BCUT2D eigenvalue weighted by molar-refractivity contribution is -0.115. The molecule has 1 heterocycles. The predicted molar refractivity (Wildman–Crippen MR) is 76.2 cm³/mol. The first kappa shape index (κ1) is 14.5. The van der Waals surface area contributed by atoms with E-state index in [4.69, 9.17) is 4.74 Å². The molecule has 0 aromatic carbocycles. The molecule has 0 spiro atoms. The first-order chi connectivity index (χ1) is 9.20. The molecule has 1 unspecified atom stereocenters. The first-order valence-corrected chi connectivity index (χ1v) is 7.46. The van der Waals surface area contributed by atoms with Crippen molar-refractivity contribution < 1.29 is 9.84 Å². The molecule has 1 aromatic rings. The lowest BCUT2D eigenvalue weighted by Gasteiger charge is -2.34. The van der Waals surface area contributed by atoms with Crippen molar-refractivity contribution in [3.63, 3.8) is 0 Å². The average molecular weight is 263 g/mol. The molecule has 1 fully saturated rings. The van der Waals surface area contributed by atoms with Gasteiger partial charge in [-0.1, -0.05) is 25.8 Å². The van der Waals surface area contributed by atoms with Crippen LogP contribution in [0.2, 0.25) is 0 Å². The molecule has 1 aliphatic rings. The van der Waals surface area contributed by atoms with Crippen LogP contribution in [0.3, 0.4) is 0 Å². The fraction of sp³-hybridized carbons (Fsp3) is 0.688. The monoisotopic (exact) mass is 263 g/mol. The molecule has 1 aliphatic carbocycles. The normalized spacial score (nSPS) is 19.5. The number of aliphatic hydroxyl groups excluding tert-OH is 1. The topological polar surface area (TPSA) is 42.4 Å². The van der Waals surface area contributed by atoms with Gasteiger partial charge in [0.1, 0.15) is 0 Å². The molecular formula is C16H25NO2. The van der Waals surface area contributed by atoms with Gasteiger partial charge >= 0.3 is 0 Å². The maximum atomic E-state index is 10.5. The van der Waals surface area contributed by atoms with Crippen LogP contribution in [-0.4, -0.2) is 28.4 Å². The first-order valence-electron chi connectivity index (χ1n) is 7.46. The van der Waals surface area contributed by atoms with E-state index in [0.717, 1.165) is 37.8 Å². The minimum absolute atomic E-state index is 0.333. The van der Waals surface area contributed by atoms with Crippen molar-refractivity contribution >= 4 is 0 Å². The van der Waals surface area contributed by atoms with Gasteiger partial charge in [-0.15, -0.1) is 0 Å². The molecule has 106 valence electrons. The molecular weight excluding hydrogens is 238 g/mol. The fourth-order valence-electron chi connectivity index (χ4n) is 3.00. The quantitative estimate of drug-likeness (QED) is 0.858. The van der Waals surface area contributed by atoms with Crippen LogP contribution in [0.4, 0.5) is 0 Å². The van der Waals surface area contributed by atoms with Crippen LogP contribution in [0, 0.1) is 0 Å². The summed E-state index contributed by atoms with van der Waals surface area (Å²) in [4.78, 5) is 4.44. The lowest BCUT2D eigenvalue weighted by atomic mass is 9.91. The van der Waals surface area contributed by atoms with Gasteiger partial charge in [0.25, 0.3) is 0 Å². The van der Waals surface area contributed by atoms with E-state index in [2.05, 4.69) is 18.0 Å². The summed E-state index contributed by atoms with van der Waals surface area (Å²) in [7, 11) is 0. The largest absolute Gasteiger partial charge is 0.390 e. The summed E-state index contributed by atoms with van der Waals surface area (Å²) in [6.07, 6.45) is 7.28. The Balaban J connectivity index is 2.03. The number of aliphatic hydroxyl groups is 1. The molecule has 1 N–H and O–H groups in total. The summed E-state index contributed by atoms with van der Waals surface area (Å²) in [5.41, 5.74) is 1.86. The zero-order valence-corrected chi connectivity index (χ0v) is 12.1. The van der Waals surface area contributed by atoms with E-state index in [1.807, 2.05) is 19.2 Å². The zero-order chi connectivity index (χ0) is 13.7. The minimum Gasteiger partial charge on any atom is -0.390 e. The van der Waals surface area contributed by atoms with Crippen LogP contribution in [0.25, 0.3) is 0 Å². The second kappa shape index (κ2) is 6.49. The fourth-order valence-corrected chi connectivity index (χ4v) is 3.00. The number of hydrogen-bond acceptors (Lipinski definition) is 3. The highest BCUT2D eigenvalue weighted by molar-refractivity contribution is 5.15. The Morgan fingerprint density at radius 2 is 2.05 bits per heavy atom. The third-order valence-electron chi connectivity index (χ3n) is 4.19. The van der Waals surface area contributed by atoms with Crippen molar-refractivity contribution in [2.24, 2.45) is 0 Å². The van der Waals surface area contributed by atoms with E-state index in [1.54, 1.807) is 0 Å². The Kier molecular flexibility index (Phi) is 4.94. The molecule has 0 saturated heterocycles.